The summed E-state index contributed by atoms with van der Waals surface area (Å²) in [6.07, 6.45) is 5.98. The highest BCUT2D eigenvalue weighted by molar-refractivity contribution is 7.86. The van der Waals surface area contributed by atoms with Crippen LogP contribution in [0.1, 0.15) is 30.9 Å². The molecule has 33 heavy (non-hydrogen) atoms. The molecule has 0 aliphatic heterocycles. The Bertz CT molecular complexity index is 1240. The summed E-state index contributed by atoms with van der Waals surface area (Å²) in [6.45, 7) is 3.68. The second-order valence-corrected chi connectivity index (χ2v) is 10.8. The van der Waals surface area contributed by atoms with Crippen LogP contribution >= 0.6 is 11.6 Å². The topological polar surface area (TPSA) is 94.3 Å². The molecule has 0 amide bonds. The highest BCUT2D eigenvalue weighted by atomic mass is 35.5. The van der Waals surface area contributed by atoms with Gasteiger partial charge in [-0.15, -0.1) is 0 Å². The van der Waals surface area contributed by atoms with Crippen molar-refractivity contribution in [1.82, 2.24) is 14.8 Å². The van der Waals surface area contributed by atoms with E-state index in [0.29, 0.717) is 17.9 Å². The fourth-order valence-electron chi connectivity index (χ4n) is 4.18. The third-order valence-corrected chi connectivity index (χ3v) is 7.92. The molecule has 1 N–H and O–H groups in total. The molecule has 3 aromatic rings. The van der Waals surface area contributed by atoms with Gasteiger partial charge >= 0.3 is 0 Å². The summed E-state index contributed by atoms with van der Waals surface area (Å²) in [5.74, 6) is 0. The number of rotatable bonds is 7. The number of aromatic nitrogens is 3. The number of benzene rings is 2. The van der Waals surface area contributed by atoms with Crippen LogP contribution in [0.25, 0.3) is 6.08 Å². The molecule has 2 unspecified atom stereocenters. The summed E-state index contributed by atoms with van der Waals surface area (Å²) in [5, 5.41) is 16.8. The molecule has 2 atom stereocenters. The van der Waals surface area contributed by atoms with Crippen LogP contribution in [-0.2, 0) is 20.8 Å². The van der Waals surface area contributed by atoms with Crippen LogP contribution in [0.2, 0.25) is 5.02 Å². The van der Waals surface area contributed by atoms with Crippen LogP contribution in [-0.4, -0.2) is 40.5 Å². The van der Waals surface area contributed by atoms with Gasteiger partial charge in [0.2, 0.25) is 0 Å². The van der Waals surface area contributed by atoms with Crippen LogP contribution in [0.5, 0.6) is 0 Å². The fourth-order valence-corrected chi connectivity index (χ4v) is 5.32. The standard InChI is InChI=1S/C24H26ClN3O4S/c1-18-3-9-22(10-4-18)33(30,31)32-15-23(2)12-11-20(13-19-5-7-21(25)8-6-19)24(23,29)14-28-17-26-16-27-28/h3-10,13,16-17,29H,11-12,14-15H2,1-2H3. The van der Waals surface area contributed by atoms with Crippen molar-refractivity contribution in [1.29, 1.82) is 0 Å². The lowest BCUT2D eigenvalue weighted by molar-refractivity contribution is -0.0602. The van der Waals surface area contributed by atoms with Crippen LogP contribution in [0.15, 0.2) is 71.7 Å². The molecule has 174 valence electrons. The van der Waals surface area contributed by atoms with Crippen LogP contribution in [0.3, 0.4) is 0 Å². The summed E-state index contributed by atoms with van der Waals surface area (Å²) >= 11 is 6.01. The quantitative estimate of drug-likeness (QED) is 0.500. The Hall–Kier alpha value is -2.52. The van der Waals surface area contributed by atoms with E-state index < -0.39 is 21.1 Å². The maximum absolute atomic E-state index is 12.8. The maximum atomic E-state index is 12.8. The molecule has 0 spiro atoms. The molecule has 1 aromatic heterocycles. The fraction of sp³-hybridized carbons (Fsp3) is 0.333. The average molecular weight is 488 g/mol. The maximum Gasteiger partial charge on any atom is 0.296 e. The molecule has 9 heteroatoms. The van der Waals surface area contributed by atoms with E-state index in [1.165, 1.54) is 24.8 Å². The number of aryl methyl sites for hydroxylation is 1. The van der Waals surface area contributed by atoms with E-state index in [1.807, 2.05) is 32.1 Å². The third-order valence-electron chi connectivity index (χ3n) is 6.39. The SMILES string of the molecule is Cc1ccc(S(=O)(=O)OCC2(C)CCC(=Cc3ccc(Cl)cc3)C2(O)Cn2cncn2)cc1. The van der Waals surface area contributed by atoms with Crippen molar-refractivity contribution in [2.24, 2.45) is 5.41 Å². The third kappa shape index (κ3) is 4.89. The zero-order valence-electron chi connectivity index (χ0n) is 18.5. The average Bonchev–Trinajstić information content (AvgIpc) is 3.37. The zero-order valence-corrected chi connectivity index (χ0v) is 20.1. The van der Waals surface area contributed by atoms with Crippen molar-refractivity contribution < 1.29 is 17.7 Å². The van der Waals surface area contributed by atoms with Gasteiger partial charge in [-0.05, 0) is 55.2 Å². The van der Waals surface area contributed by atoms with Gasteiger partial charge in [0.15, 0.2) is 0 Å². The van der Waals surface area contributed by atoms with E-state index in [2.05, 4.69) is 10.1 Å². The van der Waals surface area contributed by atoms with Gasteiger partial charge < -0.3 is 5.11 Å². The normalized spacial score (nSPS) is 24.4. The summed E-state index contributed by atoms with van der Waals surface area (Å²) in [4.78, 5) is 4.06. The second kappa shape index (κ2) is 9.02. The molecule has 2 aromatic carbocycles. The smallest absolute Gasteiger partial charge is 0.296 e. The molecule has 0 radical (unpaired) electrons. The summed E-state index contributed by atoms with van der Waals surface area (Å²) in [5.41, 5.74) is 0.344. The van der Waals surface area contributed by atoms with Crippen LogP contribution in [0, 0.1) is 12.3 Å². The molecular formula is C24H26ClN3O4S. The van der Waals surface area contributed by atoms with Crippen molar-refractivity contribution in [3.8, 4) is 0 Å². The Morgan fingerprint density at radius 3 is 2.52 bits per heavy atom. The molecule has 1 heterocycles. The predicted octanol–water partition coefficient (Wildman–Crippen LogP) is 4.26. The number of hydrogen-bond donors (Lipinski definition) is 1. The molecule has 1 saturated carbocycles. The summed E-state index contributed by atoms with van der Waals surface area (Å²) < 4.78 is 32.7. The predicted molar refractivity (Wildman–Crippen MR) is 126 cm³/mol. The number of hydrogen-bond acceptors (Lipinski definition) is 6. The first-order valence-corrected chi connectivity index (χ1v) is 12.4. The lowest BCUT2D eigenvalue weighted by atomic mass is 9.74. The van der Waals surface area contributed by atoms with Crippen LogP contribution in [0.4, 0.5) is 0 Å². The number of aliphatic hydroxyl groups is 1. The lowest BCUT2D eigenvalue weighted by Crippen LogP contribution is -2.49. The molecule has 1 aliphatic rings. The van der Waals surface area contributed by atoms with Crippen molar-refractivity contribution in [3.05, 3.63) is 82.9 Å². The number of nitrogens with zero attached hydrogens (tertiary/aromatic N) is 3. The highest BCUT2D eigenvalue weighted by Gasteiger charge is 2.55. The van der Waals surface area contributed by atoms with Gasteiger partial charge in [-0.25, -0.2) is 9.67 Å². The van der Waals surface area contributed by atoms with Gasteiger partial charge in [0, 0.05) is 10.4 Å². The van der Waals surface area contributed by atoms with E-state index in [0.717, 1.165) is 16.7 Å². The largest absolute Gasteiger partial charge is 0.383 e. The van der Waals surface area contributed by atoms with E-state index in [4.69, 9.17) is 15.8 Å². The molecule has 1 aliphatic carbocycles. The molecule has 4 rings (SSSR count). The van der Waals surface area contributed by atoms with Crippen molar-refractivity contribution >= 4 is 27.8 Å². The second-order valence-electron chi connectivity index (χ2n) is 8.76. The molecular weight excluding hydrogens is 462 g/mol. The number of halogens is 1. The Morgan fingerprint density at radius 1 is 1.18 bits per heavy atom. The summed E-state index contributed by atoms with van der Waals surface area (Å²) in [7, 11) is -3.98. The van der Waals surface area contributed by atoms with Crippen molar-refractivity contribution in [3.63, 3.8) is 0 Å². The van der Waals surface area contributed by atoms with Gasteiger partial charge in [-0.1, -0.05) is 54.4 Å². The van der Waals surface area contributed by atoms with Gasteiger partial charge in [0.05, 0.1) is 18.0 Å². The monoisotopic (exact) mass is 487 g/mol. The van der Waals surface area contributed by atoms with E-state index in [1.54, 1.807) is 28.9 Å². The summed E-state index contributed by atoms with van der Waals surface area (Å²) in [6, 6.07) is 13.8. The van der Waals surface area contributed by atoms with Gasteiger partial charge in [0.1, 0.15) is 18.3 Å². The minimum Gasteiger partial charge on any atom is -0.383 e. The lowest BCUT2D eigenvalue weighted by Gasteiger charge is -2.39. The van der Waals surface area contributed by atoms with Crippen molar-refractivity contribution in [2.75, 3.05) is 6.61 Å². The van der Waals surface area contributed by atoms with Gasteiger partial charge in [-0.2, -0.15) is 13.5 Å². The van der Waals surface area contributed by atoms with E-state index in [9.17, 15) is 13.5 Å². The van der Waals surface area contributed by atoms with Gasteiger partial charge in [-0.3, -0.25) is 4.18 Å². The van der Waals surface area contributed by atoms with Gasteiger partial charge in [0.25, 0.3) is 10.1 Å². The first kappa shape index (κ1) is 23.6. The Balaban J connectivity index is 1.65. The van der Waals surface area contributed by atoms with Crippen molar-refractivity contribution in [2.45, 2.75) is 43.7 Å². The Kier molecular flexibility index (Phi) is 6.46. The van der Waals surface area contributed by atoms with E-state index in [-0.39, 0.29) is 18.0 Å². The molecule has 0 bridgehead atoms. The van der Waals surface area contributed by atoms with E-state index >= 15 is 0 Å². The molecule has 0 saturated heterocycles. The zero-order chi connectivity index (χ0) is 23.7. The van der Waals surface area contributed by atoms with Crippen LogP contribution < -0.4 is 0 Å². The Labute approximate surface area is 198 Å². The minimum absolute atomic E-state index is 0.0893. The minimum atomic E-state index is -3.98. The highest BCUT2D eigenvalue weighted by Crippen LogP contribution is 2.51. The molecule has 1 fully saturated rings. The first-order chi connectivity index (χ1) is 15.6. The first-order valence-electron chi connectivity index (χ1n) is 10.6. The molecule has 7 nitrogen and oxygen atoms in total. The Morgan fingerprint density at radius 2 is 1.88 bits per heavy atom.